The van der Waals surface area contributed by atoms with E-state index in [0.29, 0.717) is 5.92 Å². The molecule has 0 amide bonds. The zero-order chi connectivity index (χ0) is 17.3. The van der Waals surface area contributed by atoms with Crippen LogP contribution < -0.4 is 5.32 Å². The van der Waals surface area contributed by atoms with E-state index in [4.69, 9.17) is 0 Å². The fourth-order valence-corrected chi connectivity index (χ4v) is 5.49. The van der Waals surface area contributed by atoms with Crippen molar-refractivity contribution in [2.45, 2.75) is 44.1 Å². The van der Waals surface area contributed by atoms with Crippen LogP contribution in [0.3, 0.4) is 0 Å². The van der Waals surface area contributed by atoms with Crippen molar-refractivity contribution in [1.29, 1.82) is 0 Å². The van der Waals surface area contributed by atoms with Gasteiger partial charge in [-0.15, -0.1) is 0 Å². The lowest BCUT2D eigenvalue weighted by atomic mass is 9.85. The summed E-state index contributed by atoms with van der Waals surface area (Å²) in [5.74, 6) is 0.550. The monoisotopic (exact) mass is 340 g/mol. The Balaban J connectivity index is 1.90. The number of nitrogens with one attached hydrogen (secondary N) is 1. The van der Waals surface area contributed by atoms with Gasteiger partial charge in [0, 0.05) is 25.9 Å². The van der Waals surface area contributed by atoms with Gasteiger partial charge < -0.3 is 5.32 Å². The van der Waals surface area contributed by atoms with Crippen molar-refractivity contribution < 1.29 is 4.92 Å². The van der Waals surface area contributed by atoms with E-state index >= 15 is 0 Å². The quantitative estimate of drug-likeness (QED) is 0.449. The first-order chi connectivity index (χ1) is 11.3. The van der Waals surface area contributed by atoms with Crippen molar-refractivity contribution in [2.24, 2.45) is 0 Å². The average Bonchev–Trinajstić information content (AvgIpc) is 2.53. The van der Waals surface area contributed by atoms with Gasteiger partial charge in [0.1, 0.15) is 0 Å². The summed E-state index contributed by atoms with van der Waals surface area (Å²) in [7, 11) is -1.18. The standard InChI is InChI=1S/C19H24N2O2Si/c1-24(2,3)13-15-12-19(20-18-7-5-4-6-17(15)18)14-8-10-16(11-9-14)21(22)23/h4-11,15,19-20H,12-13H2,1-3H3. The van der Waals surface area contributed by atoms with Crippen molar-refractivity contribution in [3.63, 3.8) is 0 Å². The second-order valence-electron chi connectivity index (χ2n) is 7.83. The highest BCUT2D eigenvalue weighted by Gasteiger charge is 2.30. The Labute approximate surface area is 144 Å². The summed E-state index contributed by atoms with van der Waals surface area (Å²) in [6, 6.07) is 17.0. The van der Waals surface area contributed by atoms with Gasteiger partial charge >= 0.3 is 0 Å². The van der Waals surface area contributed by atoms with E-state index < -0.39 is 8.07 Å². The van der Waals surface area contributed by atoms with Gasteiger partial charge in [0.05, 0.1) is 11.0 Å². The molecular formula is C19H24N2O2Si. The summed E-state index contributed by atoms with van der Waals surface area (Å²) < 4.78 is 0. The summed E-state index contributed by atoms with van der Waals surface area (Å²) in [5.41, 5.74) is 3.89. The van der Waals surface area contributed by atoms with Crippen molar-refractivity contribution in [1.82, 2.24) is 0 Å². The van der Waals surface area contributed by atoms with Crippen molar-refractivity contribution >= 4 is 19.4 Å². The number of nitro groups is 1. The summed E-state index contributed by atoms with van der Waals surface area (Å²) in [5, 5.41) is 14.5. The van der Waals surface area contributed by atoms with Crippen LogP contribution in [-0.4, -0.2) is 13.0 Å². The number of fused-ring (bicyclic) bond motifs is 1. The van der Waals surface area contributed by atoms with E-state index in [1.165, 1.54) is 17.3 Å². The Morgan fingerprint density at radius 3 is 2.42 bits per heavy atom. The Morgan fingerprint density at radius 2 is 1.79 bits per heavy atom. The van der Waals surface area contributed by atoms with Crippen molar-refractivity contribution in [3.8, 4) is 0 Å². The molecule has 2 unspecified atom stereocenters. The number of anilines is 1. The van der Waals surface area contributed by atoms with Gasteiger partial charge in [0.25, 0.3) is 5.69 Å². The third-order valence-corrected chi connectivity index (χ3v) is 6.33. The topological polar surface area (TPSA) is 55.2 Å². The van der Waals surface area contributed by atoms with Gasteiger partial charge in [-0.3, -0.25) is 10.1 Å². The molecule has 5 heteroatoms. The molecule has 0 aliphatic carbocycles. The largest absolute Gasteiger partial charge is 0.378 e. The zero-order valence-electron chi connectivity index (χ0n) is 14.5. The Morgan fingerprint density at radius 1 is 1.12 bits per heavy atom. The van der Waals surface area contributed by atoms with Crippen LogP contribution in [0.5, 0.6) is 0 Å². The lowest BCUT2D eigenvalue weighted by Gasteiger charge is -2.36. The highest BCUT2D eigenvalue weighted by Crippen LogP contribution is 2.43. The Kier molecular flexibility index (Phi) is 4.45. The van der Waals surface area contributed by atoms with Gasteiger partial charge in [-0.25, -0.2) is 0 Å². The van der Waals surface area contributed by atoms with Crippen LogP contribution >= 0.6 is 0 Å². The number of non-ortho nitro benzene ring substituents is 1. The Bertz CT molecular complexity index is 738. The molecule has 0 spiro atoms. The number of nitrogens with zero attached hydrogens (tertiary/aromatic N) is 1. The van der Waals surface area contributed by atoms with Crippen LogP contribution in [0.4, 0.5) is 11.4 Å². The normalized spacial score (nSPS) is 20.1. The van der Waals surface area contributed by atoms with Crippen LogP contribution in [0, 0.1) is 10.1 Å². The molecule has 3 rings (SSSR count). The zero-order valence-corrected chi connectivity index (χ0v) is 15.5. The molecule has 24 heavy (non-hydrogen) atoms. The predicted molar refractivity (Wildman–Crippen MR) is 101 cm³/mol. The summed E-state index contributed by atoms with van der Waals surface area (Å²) in [6.07, 6.45) is 1.04. The van der Waals surface area contributed by atoms with Crippen molar-refractivity contribution in [3.05, 3.63) is 69.8 Å². The van der Waals surface area contributed by atoms with Crippen LogP contribution in [0.25, 0.3) is 0 Å². The first-order valence-corrected chi connectivity index (χ1v) is 12.1. The number of hydrogen-bond donors (Lipinski definition) is 1. The second kappa shape index (κ2) is 6.40. The van der Waals surface area contributed by atoms with E-state index in [2.05, 4.69) is 49.2 Å². The van der Waals surface area contributed by atoms with E-state index in [-0.39, 0.29) is 16.7 Å². The number of nitro benzene ring substituents is 1. The first kappa shape index (κ1) is 16.7. The van der Waals surface area contributed by atoms with Crippen LogP contribution in [0.15, 0.2) is 48.5 Å². The van der Waals surface area contributed by atoms with Gasteiger partial charge in [-0.2, -0.15) is 0 Å². The number of para-hydroxylation sites is 1. The maximum Gasteiger partial charge on any atom is 0.269 e. The molecule has 1 N–H and O–H groups in total. The Hall–Kier alpha value is -2.14. The molecule has 2 aromatic carbocycles. The average molecular weight is 340 g/mol. The minimum Gasteiger partial charge on any atom is -0.378 e. The van der Waals surface area contributed by atoms with Crippen LogP contribution in [0.1, 0.15) is 29.5 Å². The summed E-state index contributed by atoms with van der Waals surface area (Å²) in [4.78, 5) is 10.5. The van der Waals surface area contributed by atoms with Gasteiger partial charge in [-0.05, 0) is 29.5 Å². The molecule has 1 aliphatic rings. The minimum absolute atomic E-state index is 0.147. The van der Waals surface area contributed by atoms with Crippen LogP contribution in [0.2, 0.25) is 25.7 Å². The molecule has 2 atom stereocenters. The molecule has 0 fully saturated rings. The van der Waals surface area contributed by atoms with E-state index in [1.54, 1.807) is 12.1 Å². The molecule has 1 aliphatic heterocycles. The van der Waals surface area contributed by atoms with E-state index in [1.807, 2.05) is 12.1 Å². The number of rotatable bonds is 4. The number of benzene rings is 2. The molecule has 126 valence electrons. The molecule has 0 saturated carbocycles. The maximum absolute atomic E-state index is 10.9. The first-order valence-electron chi connectivity index (χ1n) is 8.43. The van der Waals surface area contributed by atoms with Crippen LogP contribution in [-0.2, 0) is 0 Å². The molecule has 2 aromatic rings. The fraction of sp³-hybridized carbons (Fsp3) is 0.368. The minimum atomic E-state index is -1.18. The smallest absolute Gasteiger partial charge is 0.269 e. The summed E-state index contributed by atoms with van der Waals surface area (Å²) >= 11 is 0. The lowest BCUT2D eigenvalue weighted by molar-refractivity contribution is -0.384. The molecule has 0 radical (unpaired) electrons. The third kappa shape index (κ3) is 3.67. The molecule has 4 nitrogen and oxygen atoms in total. The van der Waals surface area contributed by atoms with Gasteiger partial charge in [0.15, 0.2) is 0 Å². The molecule has 0 bridgehead atoms. The maximum atomic E-state index is 10.9. The second-order valence-corrected chi connectivity index (χ2v) is 13.4. The molecular weight excluding hydrogens is 316 g/mol. The molecule has 1 heterocycles. The molecule has 0 saturated heterocycles. The molecule has 0 aromatic heterocycles. The van der Waals surface area contributed by atoms with Gasteiger partial charge in [-0.1, -0.05) is 56.0 Å². The van der Waals surface area contributed by atoms with E-state index in [9.17, 15) is 10.1 Å². The fourth-order valence-electron chi connectivity index (χ4n) is 3.62. The highest BCUT2D eigenvalue weighted by atomic mass is 28.3. The van der Waals surface area contributed by atoms with E-state index in [0.717, 1.165) is 12.0 Å². The SMILES string of the molecule is C[Si](C)(C)CC1CC(c2ccc([N+](=O)[O-])cc2)Nc2ccccc21. The predicted octanol–water partition coefficient (Wildman–Crippen LogP) is 5.57. The van der Waals surface area contributed by atoms with Crippen molar-refractivity contribution in [2.75, 3.05) is 5.32 Å². The van der Waals surface area contributed by atoms with Gasteiger partial charge in [0.2, 0.25) is 0 Å². The summed E-state index contributed by atoms with van der Waals surface area (Å²) in [6.45, 7) is 7.25. The lowest BCUT2D eigenvalue weighted by Crippen LogP contribution is -2.28. The highest BCUT2D eigenvalue weighted by molar-refractivity contribution is 6.76. The third-order valence-electron chi connectivity index (χ3n) is 4.62. The number of hydrogen-bond acceptors (Lipinski definition) is 3.